The lowest BCUT2D eigenvalue weighted by Gasteiger charge is -2.33. The molecular formula is C8H16Cl3N2O2PS2. The summed E-state index contributed by atoms with van der Waals surface area (Å²) < 4.78 is 13.7. The minimum atomic E-state index is -3.15. The zero-order valence-electron chi connectivity index (χ0n) is 10.5. The molecule has 1 amide bonds. The molecule has 0 aliphatic rings. The van der Waals surface area contributed by atoms with Crippen LogP contribution in [0.25, 0.3) is 0 Å². The number of carbonyl (C=O) groups excluding carboxylic acids is 1. The van der Waals surface area contributed by atoms with Crippen LogP contribution in [0.3, 0.4) is 0 Å². The summed E-state index contributed by atoms with van der Waals surface area (Å²) in [7, 11) is 3.00. The number of amides is 1. The van der Waals surface area contributed by atoms with Crippen LogP contribution in [0.4, 0.5) is 0 Å². The molecule has 0 aromatic carbocycles. The van der Waals surface area contributed by atoms with E-state index in [1.807, 2.05) is 13.8 Å². The van der Waals surface area contributed by atoms with Crippen LogP contribution in [0, 0.1) is 0 Å². The summed E-state index contributed by atoms with van der Waals surface area (Å²) in [5, 5.41) is 0.122. The third kappa shape index (κ3) is 6.12. The molecule has 108 valence electrons. The van der Waals surface area contributed by atoms with Gasteiger partial charge in [-0.2, -0.15) is 4.08 Å². The monoisotopic (exact) mass is 372 g/mol. The van der Waals surface area contributed by atoms with Gasteiger partial charge in [0.05, 0.1) is 0 Å². The van der Waals surface area contributed by atoms with Crippen molar-refractivity contribution in [3.63, 3.8) is 0 Å². The molecule has 10 heteroatoms. The molecular weight excluding hydrogens is 358 g/mol. The van der Waals surface area contributed by atoms with Crippen molar-refractivity contribution in [2.75, 3.05) is 14.1 Å². The fraction of sp³-hybridized carbons (Fsp3) is 0.875. The maximum Gasteiger partial charge on any atom is 0.306 e. The van der Waals surface area contributed by atoms with Gasteiger partial charge in [0.2, 0.25) is 6.41 Å². The smallest absolute Gasteiger partial charge is 0.278 e. The van der Waals surface area contributed by atoms with Crippen LogP contribution in [0.1, 0.15) is 20.3 Å². The standard InChI is InChI=1S/C8H16Cl3N2O2PS2/c1-5-7(2)17-16(15,12(3)6-14)13(4)18-8(9,10)11/h6-7H,5H2,1-4H3. The van der Waals surface area contributed by atoms with Crippen LogP contribution in [0.2, 0.25) is 0 Å². The van der Waals surface area contributed by atoms with E-state index in [9.17, 15) is 9.36 Å². The number of nitrogens with zero attached hydrogens (tertiary/aromatic N) is 2. The molecule has 0 spiro atoms. The van der Waals surface area contributed by atoms with Crippen molar-refractivity contribution < 1.29 is 9.36 Å². The van der Waals surface area contributed by atoms with Gasteiger partial charge in [-0.1, -0.05) is 60.0 Å². The van der Waals surface area contributed by atoms with Crippen molar-refractivity contribution in [3.8, 4) is 0 Å². The van der Waals surface area contributed by atoms with Gasteiger partial charge in [-0.05, 0) is 18.4 Å². The third-order valence-electron chi connectivity index (χ3n) is 2.03. The van der Waals surface area contributed by atoms with Gasteiger partial charge in [-0.3, -0.25) is 14.0 Å². The number of halogens is 3. The summed E-state index contributed by atoms with van der Waals surface area (Å²) in [6, 6.07) is 0. The van der Waals surface area contributed by atoms with Crippen LogP contribution in [-0.4, -0.2) is 37.6 Å². The van der Waals surface area contributed by atoms with Crippen LogP contribution < -0.4 is 0 Å². The van der Waals surface area contributed by atoms with E-state index in [2.05, 4.69) is 0 Å². The highest BCUT2D eigenvalue weighted by Gasteiger charge is 2.39. The van der Waals surface area contributed by atoms with Crippen LogP contribution in [0.15, 0.2) is 0 Å². The van der Waals surface area contributed by atoms with Gasteiger partial charge in [-0.15, -0.1) is 0 Å². The lowest BCUT2D eigenvalue weighted by molar-refractivity contribution is -0.113. The molecule has 0 aromatic heterocycles. The SMILES string of the molecule is CCC(C)SP(=O)(N(C)C=O)N(C)SC(Cl)(Cl)Cl. The Morgan fingerprint density at radius 2 is 1.89 bits per heavy atom. The van der Waals surface area contributed by atoms with E-state index in [1.165, 1.54) is 22.5 Å². The fourth-order valence-corrected chi connectivity index (χ4v) is 8.58. The van der Waals surface area contributed by atoms with Crippen molar-refractivity contribution in [2.24, 2.45) is 0 Å². The Bertz CT molecular complexity index is 330. The predicted octanol–water partition coefficient (Wildman–Crippen LogP) is 4.62. The van der Waals surface area contributed by atoms with Gasteiger partial charge in [-0.25, -0.2) is 0 Å². The highest BCUT2D eigenvalue weighted by atomic mass is 35.6. The molecule has 0 heterocycles. The van der Waals surface area contributed by atoms with Crippen LogP contribution >= 0.6 is 64.8 Å². The number of hydrogen-bond acceptors (Lipinski definition) is 4. The van der Waals surface area contributed by atoms with Gasteiger partial charge >= 0.3 is 6.65 Å². The quantitative estimate of drug-likeness (QED) is 0.282. The molecule has 0 aliphatic heterocycles. The fourth-order valence-electron chi connectivity index (χ4n) is 0.909. The first-order chi connectivity index (χ1) is 8.06. The van der Waals surface area contributed by atoms with Crippen LogP contribution in [-0.2, 0) is 9.36 Å². The second-order valence-corrected chi connectivity index (χ2v) is 13.3. The lowest BCUT2D eigenvalue weighted by Crippen LogP contribution is -2.23. The zero-order valence-corrected chi connectivity index (χ0v) is 15.3. The average Bonchev–Trinajstić information content (AvgIpc) is 2.25. The highest BCUT2D eigenvalue weighted by Crippen LogP contribution is 2.68. The topological polar surface area (TPSA) is 40.6 Å². The predicted molar refractivity (Wildman–Crippen MR) is 84.4 cm³/mol. The molecule has 0 rings (SSSR count). The average molecular weight is 374 g/mol. The zero-order chi connectivity index (χ0) is 14.6. The second kappa shape index (κ2) is 7.87. The van der Waals surface area contributed by atoms with Gasteiger partial charge in [0, 0.05) is 19.3 Å². The minimum absolute atomic E-state index is 0.122. The number of hydrogen-bond donors (Lipinski definition) is 0. The molecule has 4 nitrogen and oxygen atoms in total. The van der Waals surface area contributed by atoms with E-state index in [1.54, 1.807) is 7.05 Å². The summed E-state index contributed by atoms with van der Waals surface area (Å²) in [5.41, 5.74) is 0. The van der Waals surface area contributed by atoms with Gasteiger partial charge < -0.3 is 0 Å². The molecule has 0 radical (unpaired) electrons. The maximum atomic E-state index is 12.9. The molecule has 2 atom stereocenters. The number of rotatable bonds is 7. The van der Waals surface area contributed by atoms with Crippen molar-refractivity contribution in [1.82, 2.24) is 8.75 Å². The molecule has 0 bridgehead atoms. The molecule has 0 saturated carbocycles. The Kier molecular flexibility index (Phi) is 8.40. The van der Waals surface area contributed by atoms with Crippen molar-refractivity contribution >= 4 is 71.2 Å². The Morgan fingerprint density at radius 3 is 2.22 bits per heavy atom. The molecule has 0 aliphatic carbocycles. The van der Waals surface area contributed by atoms with Gasteiger partial charge in [0.15, 0.2) is 0 Å². The maximum absolute atomic E-state index is 12.9. The summed E-state index contributed by atoms with van der Waals surface area (Å²) in [6.45, 7) is 0.766. The second-order valence-electron chi connectivity index (χ2n) is 3.50. The summed E-state index contributed by atoms with van der Waals surface area (Å²) >= 11 is 19.0. The summed E-state index contributed by atoms with van der Waals surface area (Å²) in [5.74, 6) is 0. The van der Waals surface area contributed by atoms with Gasteiger partial charge in [0.1, 0.15) is 0 Å². The van der Waals surface area contributed by atoms with E-state index in [4.69, 9.17) is 34.8 Å². The third-order valence-corrected chi connectivity index (χ3v) is 10.3. The van der Waals surface area contributed by atoms with E-state index < -0.39 is 9.77 Å². The Hall–Kier alpha value is 1.23. The highest BCUT2D eigenvalue weighted by molar-refractivity contribution is 8.58. The normalized spacial score (nSPS) is 17.3. The molecule has 18 heavy (non-hydrogen) atoms. The van der Waals surface area contributed by atoms with E-state index in [-0.39, 0.29) is 5.25 Å². The largest absolute Gasteiger partial charge is 0.306 e. The number of carbonyl (C=O) groups is 1. The summed E-state index contributed by atoms with van der Waals surface area (Å²) in [6.07, 6.45) is 1.35. The molecule has 0 fully saturated rings. The molecule has 2 unspecified atom stereocenters. The Balaban J connectivity index is 5.09. The number of alkyl halides is 3. The van der Waals surface area contributed by atoms with Crippen LogP contribution in [0.5, 0.6) is 0 Å². The van der Waals surface area contributed by atoms with E-state index >= 15 is 0 Å². The first-order valence-electron chi connectivity index (χ1n) is 5.04. The van der Waals surface area contributed by atoms with Crippen molar-refractivity contribution in [1.29, 1.82) is 0 Å². The molecule has 0 saturated heterocycles. The van der Waals surface area contributed by atoms with Crippen molar-refractivity contribution in [3.05, 3.63) is 0 Å². The molecule has 0 N–H and O–H groups in total. The Labute approximate surface area is 131 Å². The molecule has 0 aromatic rings. The Morgan fingerprint density at radius 1 is 1.39 bits per heavy atom. The van der Waals surface area contributed by atoms with Gasteiger partial charge in [0.25, 0.3) is 3.12 Å². The minimum Gasteiger partial charge on any atom is -0.278 e. The summed E-state index contributed by atoms with van der Waals surface area (Å²) in [4.78, 5) is 10.9. The first-order valence-corrected chi connectivity index (χ1v) is 10.0. The van der Waals surface area contributed by atoms with E-state index in [0.717, 1.165) is 23.0 Å². The van der Waals surface area contributed by atoms with E-state index in [0.29, 0.717) is 6.41 Å². The first kappa shape index (κ1) is 19.2. The van der Waals surface area contributed by atoms with Crippen molar-refractivity contribution in [2.45, 2.75) is 28.6 Å². The lowest BCUT2D eigenvalue weighted by atomic mass is 10.4.